The summed E-state index contributed by atoms with van der Waals surface area (Å²) in [7, 11) is 1.38. The van der Waals surface area contributed by atoms with Gasteiger partial charge in [0.25, 0.3) is 0 Å². The molecule has 0 aromatic carbocycles. The number of piperidine rings is 1. The number of pyridine rings is 1. The molecule has 4 heteroatoms. The minimum Gasteiger partial charge on any atom is -0.465 e. The van der Waals surface area contributed by atoms with E-state index in [-0.39, 0.29) is 5.97 Å². The average molecular weight is 220 g/mol. The lowest BCUT2D eigenvalue weighted by Crippen LogP contribution is -2.28. The molecular weight excluding hydrogens is 204 g/mol. The number of esters is 1. The van der Waals surface area contributed by atoms with Gasteiger partial charge in [0.15, 0.2) is 0 Å². The maximum absolute atomic E-state index is 11.2. The van der Waals surface area contributed by atoms with Crippen LogP contribution in [-0.4, -0.2) is 31.2 Å². The van der Waals surface area contributed by atoms with Crippen molar-refractivity contribution in [2.45, 2.75) is 18.8 Å². The highest BCUT2D eigenvalue weighted by molar-refractivity contribution is 5.88. The number of aromatic nitrogens is 1. The van der Waals surface area contributed by atoms with Crippen molar-refractivity contribution in [3.63, 3.8) is 0 Å². The Morgan fingerprint density at radius 1 is 1.56 bits per heavy atom. The molecule has 0 amide bonds. The SMILES string of the molecule is COC(=O)c1ccc(C2CCCNC2)nc1. The molecule has 1 fully saturated rings. The van der Waals surface area contributed by atoms with Gasteiger partial charge in [-0.05, 0) is 31.5 Å². The Morgan fingerprint density at radius 3 is 3.00 bits per heavy atom. The van der Waals surface area contributed by atoms with Crippen molar-refractivity contribution in [1.82, 2.24) is 10.3 Å². The van der Waals surface area contributed by atoms with Crippen LogP contribution in [-0.2, 0) is 4.74 Å². The van der Waals surface area contributed by atoms with Crippen molar-refractivity contribution in [3.05, 3.63) is 29.6 Å². The molecule has 1 aliphatic rings. The molecule has 4 nitrogen and oxygen atoms in total. The van der Waals surface area contributed by atoms with Crippen LogP contribution in [0.3, 0.4) is 0 Å². The van der Waals surface area contributed by atoms with Gasteiger partial charge < -0.3 is 10.1 Å². The second kappa shape index (κ2) is 5.07. The Balaban J connectivity index is 2.09. The molecule has 1 aromatic rings. The quantitative estimate of drug-likeness (QED) is 0.764. The van der Waals surface area contributed by atoms with Gasteiger partial charge in [-0.1, -0.05) is 0 Å². The molecule has 1 aliphatic heterocycles. The first-order chi connectivity index (χ1) is 7.81. The number of methoxy groups -OCH3 is 1. The average Bonchev–Trinajstić information content (AvgIpc) is 2.39. The molecule has 16 heavy (non-hydrogen) atoms. The van der Waals surface area contributed by atoms with Crippen LogP contribution in [0.2, 0.25) is 0 Å². The van der Waals surface area contributed by atoms with Gasteiger partial charge in [0.05, 0.1) is 12.7 Å². The first-order valence-electron chi connectivity index (χ1n) is 5.56. The first kappa shape index (κ1) is 11.1. The summed E-state index contributed by atoms with van der Waals surface area (Å²) in [4.78, 5) is 15.6. The summed E-state index contributed by atoms with van der Waals surface area (Å²) in [5, 5.41) is 3.35. The highest BCUT2D eigenvalue weighted by atomic mass is 16.5. The van der Waals surface area contributed by atoms with Gasteiger partial charge in [0.1, 0.15) is 0 Å². The van der Waals surface area contributed by atoms with E-state index in [0.29, 0.717) is 11.5 Å². The van der Waals surface area contributed by atoms with E-state index in [4.69, 9.17) is 0 Å². The van der Waals surface area contributed by atoms with Gasteiger partial charge in [0.2, 0.25) is 0 Å². The lowest BCUT2D eigenvalue weighted by molar-refractivity contribution is 0.0600. The number of nitrogens with one attached hydrogen (secondary N) is 1. The fourth-order valence-corrected chi connectivity index (χ4v) is 1.99. The molecule has 1 N–H and O–H groups in total. The lowest BCUT2D eigenvalue weighted by atomic mass is 9.95. The molecule has 0 radical (unpaired) electrons. The van der Waals surface area contributed by atoms with E-state index in [1.807, 2.05) is 6.07 Å². The van der Waals surface area contributed by atoms with E-state index in [1.54, 1.807) is 12.3 Å². The van der Waals surface area contributed by atoms with E-state index >= 15 is 0 Å². The maximum atomic E-state index is 11.2. The normalized spacial score (nSPS) is 20.4. The molecule has 2 heterocycles. The van der Waals surface area contributed by atoms with Crippen molar-refractivity contribution < 1.29 is 9.53 Å². The van der Waals surface area contributed by atoms with E-state index < -0.39 is 0 Å². The predicted octanol–water partition coefficient (Wildman–Crippen LogP) is 1.34. The highest BCUT2D eigenvalue weighted by Gasteiger charge is 2.16. The third-order valence-electron chi connectivity index (χ3n) is 2.92. The topological polar surface area (TPSA) is 51.2 Å². The van der Waals surface area contributed by atoms with Crippen LogP contribution >= 0.6 is 0 Å². The molecule has 1 unspecified atom stereocenters. The number of hydrogen-bond donors (Lipinski definition) is 1. The van der Waals surface area contributed by atoms with Crippen molar-refractivity contribution in [1.29, 1.82) is 0 Å². The number of nitrogens with zero attached hydrogens (tertiary/aromatic N) is 1. The van der Waals surface area contributed by atoms with Gasteiger partial charge in [0, 0.05) is 24.4 Å². The van der Waals surface area contributed by atoms with E-state index in [2.05, 4.69) is 15.0 Å². The summed E-state index contributed by atoms with van der Waals surface area (Å²) in [6.45, 7) is 2.07. The molecule has 0 saturated carbocycles. The Morgan fingerprint density at radius 2 is 2.44 bits per heavy atom. The molecular formula is C12H16N2O2. The standard InChI is InChI=1S/C12H16N2O2/c1-16-12(15)10-4-5-11(14-8-10)9-3-2-6-13-7-9/h4-5,8-9,13H,2-3,6-7H2,1H3. The van der Waals surface area contributed by atoms with Gasteiger partial charge in [-0.15, -0.1) is 0 Å². The minimum absolute atomic E-state index is 0.333. The predicted molar refractivity (Wildman–Crippen MR) is 60.4 cm³/mol. The van der Waals surface area contributed by atoms with Crippen LogP contribution in [0.25, 0.3) is 0 Å². The van der Waals surface area contributed by atoms with Crippen molar-refractivity contribution in [2.24, 2.45) is 0 Å². The third-order valence-corrected chi connectivity index (χ3v) is 2.92. The zero-order chi connectivity index (χ0) is 11.4. The Hall–Kier alpha value is -1.42. The molecule has 0 spiro atoms. The molecule has 86 valence electrons. The summed E-state index contributed by atoms with van der Waals surface area (Å²) in [5.74, 6) is 0.140. The Kier molecular flexibility index (Phi) is 3.51. The maximum Gasteiger partial charge on any atom is 0.339 e. The number of rotatable bonds is 2. The molecule has 0 aliphatic carbocycles. The summed E-state index contributed by atoms with van der Waals surface area (Å²) >= 11 is 0. The Labute approximate surface area is 95.0 Å². The molecule has 1 atom stereocenters. The fraction of sp³-hybridized carbons (Fsp3) is 0.500. The van der Waals surface area contributed by atoms with E-state index in [0.717, 1.165) is 25.2 Å². The molecule has 1 saturated heterocycles. The zero-order valence-corrected chi connectivity index (χ0v) is 9.40. The highest BCUT2D eigenvalue weighted by Crippen LogP contribution is 2.21. The van der Waals surface area contributed by atoms with Crippen molar-refractivity contribution >= 4 is 5.97 Å². The largest absolute Gasteiger partial charge is 0.465 e. The van der Waals surface area contributed by atoms with Crippen LogP contribution < -0.4 is 5.32 Å². The monoisotopic (exact) mass is 220 g/mol. The van der Waals surface area contributed by atoms with E-state index in [9.17, 15) is 4.79 Å². The van der Waals surface area contributed by atoms with Crippen molar-refractivity contribution in [2.75, 3.05) is 20.2 Å². The molecule has 0 bridgehead atoms. The van der Waals surface area contributed by atoms with Crippen LogP contribution in [0.1, 0.15) is 34.8 Å². The lowest BCUT2D eigenvalue weighted by Gasteiger charge is -2.22. The summed E-state index contributed by atoms with van der Waals surface area (Å²) in [6.07, 6.45) is 3.94. The summed E-state index contributed by atoms with van der Waals surface area (Å²) in [6, 6.07) is 3.70. The number of carbonyl (C=O) groups is 1. The van der Waals surface area contributed by atoms with Gasteiger partial charge in [-0.25, -0.2) is 4.79 Å². The van der Waals surface area contributed by atoms with Crippen LogP contribution in [0.5, 0.6) is 0 Å². The number of carbonyl (C=O) groups excluding carboxylic acids is 1. The van der Waals surface area contributed by atoms with Crippen molar-refractivity contribution in [3.8, 4) is 0 Å². The van der Waals surface area contributed by atoms with Crippen LogP contribution in [0, 0.1) is 0 Å². The smallest absolute Gasteiger partial charge is 0.339 e. The second-order valence-electron chi connectivity index (χ2n) is 4.01. The zero-order valence-electron chi connectivity index (χ0n) is 9.40. The number of hydrogen-bond acceptors (Lipinski definition) is 4. The fourth-order valence-electron chi connectivity index (χ4n) is 1.99. The third kappa shape index (κ3) is 2.39. The van der Waals surface area contributed by atoms with Gasteiger partial charge in [-0.2, -0.15) is 0 Å². The van der Waals surface area contributed by atoms with Gasteiger partial charge >= 0.3 is 5.97 Å². The first-order valence-corrected chi connectivity index (χ1v) is 5.56. The van der Waals surface area contributed by atoms with Gasteiger partial charge in [-0.3, -0.25) is 4.98 Å². The second-order valence-corrected chi connectivity index (χ2v) is 4.01. The minimum atomic E-state index is -0.333. The Bertz CT molecular complexity index is 356. The molecule has 1 aromatic heterocycles. The number of ether oxygens (including phenoxy) is 1. The van der Waals surface area contributed by atoms with Crippen LogP contribution in [0.15, 0.2) is 18.3 Å². The van der Waals surface area contributed by atoms with Crippen LogP contribution in [0.4, 0.5) is 0 Å². The summed E-state index contributed by atoms with van der Waals surface area (Å²) < 4.78 is 4.63. The molecule has 2 rings (SSSR count). The summed E-state index contributed by atoms with van der Waals surface area (Å²) in [5.41, 5.74) is 1.56. The van der Waals surface area contributed by atoms with E-state index in [1.165, 1.54) is 13.5 Å².